The van der Waals surface area contributed by atoms with Crippen molar-refractivity contribution in [1.29, 1.82) is 0 Å². The van der Waals surface area contributed by atoms with Gasteiger partial charge in [0.1, 0.15) is 0 Å². The van der Waals surface area contributed by atoms with Gasteiger partial charge in [0.05, 0.1) is 4.88 Å². The van der Waals surface area contributed by atoms with E-state index in [-0.39, 0.29) is 18.3 Å². The molecule has 2 saturated heterocycles. The predicted octanol–water partition coefficient (Wildman–Crippen LogP) is 2.16. The maximum atomic E-state index is 12.3. The zero-order valence-electron chi connectivity index (χ0n) is 10.5. The molecule has 2 aliphatic heterocycles. The van der Waals surface area contributed by atoms with Gasteiger partial charge in [-0.3, -0.25) is 4.79 Å². The molecule has 0 spiro atoms. The Bertz CT molecular complexity index is 434. The molecular formula is C13H19ClN2OS. The number of amides is 1. The van der Waals surface area contributed by atoms with E-state index in [4.69, 9.17) is 0 Å². The second-order valence-electron chi connectivity index (χ2n) is 5.13. The summed E-state index contributed by atoms with van der Waals surface area (Å²) in [5, 5.41) is 3.43. The Morgan fingerprint density at radius 3 is 2.89 bits per heavy atom. The molecule has 2 atom stereocenters. The fourth-order valence-electron chi connectivity index (χ4n) is 2.92. The van der Waals surface area contributed by atoms with Gasteiger partial charge in [-0.05, 0) is 50.4 Å². The first kappa shape index (κ1) is 13.8. The van der Waals surface area contributed by atoms with Crippen LogP contribution >= 0.6 is 23.7 Å². The number of hydrogen-bond donors (Lipinski definition) is 1. The van der Waals surface area contributed by atoms with Crippen LogP contribution in [0.25, 0.3) is 0 Å². The van der Waals surface area contributed by atoms with Crippen LogP contribution in [-0.4, -0.2) is 37.0 Å². The van der Waals surface area contributed by atoms with Crippen LogP contribution in [0, 0.1) is 18.8 Å². The van der Waals surface area contributed by atoms with Crippen LogP contribution < -0.4 is 5.32 Å². The highest BCUT2D eigenvalue weighted by atomic mass is 35.5. The zero-order valence-corrected chi connectivity index (χ0v) is 12.1. The highest BCUT2D eigenvalue weighted by Gasteiger charge is 2.34. The number of nitrogens with one attached hydrogen (secondary N) is 1. The van der Waals surface area contributed by atoms with Crippen molar-refractivity contribution >= 4 is 29.7 Å². The molecule has 1 N–H and O–H groups in total. The molecule has 3 heterocycles. The molecule has 2 unspecified atom stereocenters. The summed E-state index contributed by atoms with van der Waals surface area (Å²) in [5.74, 6) is 1.70. The van der Waals surface area contributed by atoms with Crippen LogP contribution in [0.3, 0.4) is 0 Å². The second-order valence-corrected chi connectivity index (χ2v) is 6.42. The molecule has 3 nitrogen and oxygen atoms in total. The molecule has 2 fully saturated rings. The summed E-state index contributed by atoms with van der Waals surface area (Å²) in [6.45, 7) is 6.14. The SMILES string of the molecule is Cc1ccc(C(=O)N2CCC3CNCC3C2)s1.Cl. The molecule has 1 aromatic heterocycles. The Labute approximate surface area is 118 Å². The third-order valence-corrected chi connectivity index (χ3v) is 4.93. The van der Waals surface area contributed by atoms with Gasteiger partial charge in [-0.2, -0.15) is 0 Å². The number of hydrogen-bond acceptors (Lipinski definition) is 3. The molecule has 1 amide bonds. The predicted molar refractivity (Wildman–Crippen MR) is 76.7 cm³/mol. The highest BCUT2D eigenvalue weighted by molar-refractivity contribution is 7.13. The lowest BCUT2D eigenvalue weighted by Crippen LogP contribution is -2.43. The molecule has 3 rings (SSSR count). The minimum absolute atomic E-state index is 0. The summed E-state index contributed by atoms with van der Waals surface area (Å²) >= 11 is 1.61. The Kier molecular flexibility index (Phi) is 4.30. The van der Waals surface area contributed by atoms with E-state index in [1.54, 1.807) is 11.3 Å². The van der Waals surface area contributed by atoms with Crippen LogP contribution in [0.15, 0.2) is 12.1 Å². The first-order chi connectivity index (χ1) is 8.24. The number of thiophene rings is 1. The quantitative estimate of drug-likeness (QED) is 0.858. The van der Waals surface area contributed by atoms with Gasteiger partial charge < -0.3 is 10.2 Å². The summed E-state index contributed by atoms with van der Waals surface area (Å²) in [5.41, 5.74) is 0. The molecule has 2 aliphatic rings. The lowest BCUT2D eigenvalue weighted by molar-refractivity contribution is 0.0647. The minimum atomic E-state index is 0. The van der Waals surface area contributed by atoms with Gasteiger partial charge in [-0.25, -0.2) is 0 Å². The third-order valence-electron chi connectivity index (χ3n) is 3.94. The van der Waals surface area contributed by atoms with Crippen molar-refractivity contribution in [3.8, 4) is 0 Å². The van der Waals surface area contributed by atoms with E-state index in [0.29, 0.717) is 5.92 Å². The minimum Gasteiger partial charge on any atom is -0.338 e. The fraction of sp³-hybridized carbons (Fsp3) is 0.615. The Morgan fingerprint density at radius 1 is 1.39 bits per heavy atom. The van der Waals surface area contributed by atoms with Crippen molar-refractivity contribution in [3.63, 3.8) is 0 Å². The van der Waals surface area contributed by atoms with Crippen molar-refractivity contribution in [3.05, 3.63) is 21.9 Å². The van der Waals surface area contributed by atoms with Crippen molar-refractivity contribution in [2.45, 2.75) is 13.3 Å². The smallest absolute Gasteiger partial charge is 0.263 e. The lowest BCUT2D eigenvalue weighted by Gasteiger charge is -2.34. The van der Waals surface area contributed by atoms with Gasteiger partial charge in [-0.15, -0.1) is 23.7 Å². The van der Waals surface area contributed by atoms with Gasteiger partial charge in [0.15, 0.2) is 0 Å². The average molecular weight is 287 g/mol. The van der Waals surface area contributed by atoms with Crippen LogP contribution in [0.5, 0.6) is 0 Å². The summed E-state index contributed by atoms with van der Waals surface area (Å²) in [6, 6.07) is 3.99. The summed E-state index contributed by atoms with van der Waals surface area (Å²) in [4.78, 5) is 16.5. The Hall–Kier alpha value is -0.580. The van der Waals surface area contributed by atoms with Gasteiger partial charge in [0, 0.05) is 18.0 Å². The summed E-state index contributed by atoms with van der Waals surface area (Å²) in [6.07, 6.45) is 1.16. The van der Waals surface area contributed by atoms with Gasteiger partial charge in [0.25, 0.3) is 5.91 Å². The van der Waals surface area contributed by atoms with Crippen molar-refractivity contribution in [1.82, 2.24) is 10.2 Å². The highest BCUT2D eigenvalue weighted by Crippen LogP contribution is 2.28. The molecule has 1 aromatic rings. The number of likely N-dealkylation sites (tertiary alicyclic amines) is 1. The number of nitrogens with zero attached hydrogens (tertiary/aromatic N) is 1. The maximum Gasteiger partial charge on any atom is 0.263 e. The number of halogens is 1. The molecule has 0 aliphatic carbocycles. The van der Waals surface area contributed by atoms with E-state index >= 15 is 0 Å². The summed E-state index contributed by atoms with van der Waals surface area (Å²) in [7, 11) is 0. The molecule has 0 radical (unpaired) electrons. The number of carbonyl (C=O) groups is 1. The first-order valence-electron chi connectivity index (χ1n) is 6.30. The fourth-order valence-corrected chi connectivity index (χ4v) is 3.76. The number of fused-ring (bicyclic) bond motifs is 1. The average Bonchev–Trinajstić information content (AvgIpc) is 2.95. The normalized spacial score (nSPS) is 26.6. The van der Waals surface area contributed by atoms with Crippen LogP contribution in [0.2, 0.25) is 0 Å². The van der Waals surface area contributed by atoms with E-state index in [1.807, 2.05) is 17.0 Å². The van der Waals surface area contributed by atoms with Crippen molar-refractivity contribution in [2.24, 2.45) is 11.8 Å². The second kappa shape index (κ2) is 5.59. The molecule has 0 aromatic carbocycles. The Morgan fingerprint density at radius 2 is 2.17 bits per heavy atom. The molecule has 0 saturated carbocycles. The van der Waals surface area contributed by atoms with Gasteiger partial charge in [-0.1, -0.05) is 0 Å². The molecular weight excluding hydrogens is 268 g/mol. The van der Waals surface area contributed by atoms with E-state index in [2.05, 4.69) is 12.2 Å². The molecule has 5 heteroatoms. The van der Waals surface area contributed by atoms with E-state index < -0.39 is 0 Å². The maximum absolute atomic E-state index is 12.3. The third kappa shape index (κ3) is 2.56. The van der Waals surface area contributed by atoms with Crippen LogP contribution in [0.1, 0.15) is 21.0 Å². The number of carbonyl (C=O) groups excluding carboxylic acids is 1. The van der Waals surface area contributed by atoms with E-state index in [1.165, 1.54) is 4.88 Å². The first-order valence-corrected chi connectivity index (χ1v) is 7.12. The monoisotopic (exact) mass is 286 g/mol. The van der Waals surface area contributed by atoms with Crippen molar-refractivity contribution < 1.29 is 4.79 Å². The van der Waals surface area contributed by atoms with E-state index in [9.17, 15) is 4.79 Å². The van der Waals surface area contributed by atoms with Gasteiger partial charge in [0.2, 0.25) is 0 Å². The largest absolute Gasteiger partial charge is 0.338 e. The van der Waals surface area contributed by atoms with Gasteiger partial charge >= 0.3 is 0 Å². The Balaban J connectivity index is 0.00000120. The van der Waals surface area contributed by atoms with Crippen LogP contribution in [-0.2, 0) is 0 Å². The van der Waals surface area contributed by atoms with E-state index in [0.717, 1.165) is 43.4 Å². The topological polar surface area (TPSA) is 32.3 Å². The molecule has 18 heavy (non-hydrogen) atoms. The number of piperidine rings is 1. The van der Waals surface area contributed by atoms with Crippen LogP contribution in [0.4, 0.5) is 0 Å². The molecule has 0 bridgehead atoms. The summed E-state index contributed by atoms with van der Waals surface area (Å²) < 4.78 is 0. The standard InChI is InChI=1S/C13H18N2OS.ClH/c1-9-2-3-12(17-9)13(16)15-5-4-10-6-14-7-11(10)8-15;/h2-3,10-11,14H,4-8H2,1H3;1H. The molecule has 100 valence electrons. The number of rotatable bonds is 1. The lowest BCUT2D eigenvalue weighted by atomic mass is 9.88. The number of aryl methyl sites for hydroxylation is 1. The van der Waals surface area contributed by atoms with Crippen molar-refractivity contribution in [2.75, 3.05) is 26.2 Å². The zero-order chi connectivity index (χ0) is 11.8.